The van der Waals surface area contributed by atoms with Gasteiger partial charge in [0.05, 0.1) is 0 Å². The molecule has 0 amide bonds. The van der Waals surface area contributed by atoms with E-state index in [1.165, 1.54) is 17.2 Å². The van der Waals surface area contributed by atoms with Crippen LogP contribution in [0.4, 0.5) is 0 Å². The van der Waals surface area contributed by atoms with Crippen molar-refractivity contribution in [3.05, 3.63) is 46.5 Å². The summed E-state index contributed by atoms with van der Waals surface area (Å²) in [7, 11) is 0. The van der Waals surface area contributed by atoms with Crippen LogP contribution in [0.25, 0.3) is 6.08 Å². The van der Waals surface area contributed by atoms with Crippen molar-refractivity contribution in [2.45, 2.75) is 52.6 Å². The van der Waals surface area contributed by atoms with Gasteiger partial charge in [-0.05, 0) is 81.9 Å². The number of rotatable bonds is 4. The molecule has 0 bridgehead atoms. The second-order valence-electron chi connectivity index (χ2n) is 6.69. The molecule has 2 rings (SSSR count). The molecule has 0 fully saturated rings. The number of aryl methyl sites for hydroxylation is 1. The molecule has 1 aromatic carbocycles. The van der Waals surface area contributed by atoms with E-state index in [9.17, 15) is 4.79 Å². The van der Waals surface area contributed by atoms with Crippen LogP contribution < -0.4 is 4.74 Å². The topological polar surface area (TPSA) is 46.5 Å². The monoisotopic (exact) mass is 300 g/mol. The fourth-order valence-electron chi connectivity index (χ4n) is 2.59. The first kappa shape index (κ1) is 16.3. The zero-order valence-electron chi connectivity index (χ0n) is 13.8. The van der Waals surface area contributed by atoms with Crippen molar-refractivity contribution >= 4 is 12.0 Å². The van der Waals surface area contributed by atoms with E-state index in [0.29, 0.717) is 0 Å². The lowest BCUT2D eigenvalue weighted by Crippen LogP contribution is -2.33. The van der Waals surface area contributed by atoms with Gasteiger partial charge in [0, 0.05) is 6.08 Å². The van der Waals surface area contributed by atoms with Crippen LogP contribution in [0.1, 0.15) is 50.8 Å². The van der Waals surface area contributed by atoms with E-state index in [0.717, 1.165) is 36.1 Å². The molecule has 0 atom stereocenters. The number of benzene rings is 1. The molecule has 1 N–H and O–H groups in total. The maximum absolute atomic E-state index is 10.7. The maximum Gasteiger partial charge on any atom is 0.328 e. The second kappa shape index (κ2) is 6.39. The third kappa shape index (κ3) is 4.23. The molecule has 1 aliphatic heterocycles. The standard InChI is InChI=1S/C19H24O3/c1-13(2)5-7-15-11-14(6-8-17(20)21)12-16-9-10-19(3,4)22-18(15)16/h5-6,8,11-12H,7,9-10H2,1-4H3,(H,20,21)/b8-6+. The van der Waals surface area contributed by atoms with Crippen LogP contribution >= 0.6 is 0 Å². The molecule has 0 radical (unpaired) electrons. The van der Waals surface area contributed by atoms with Gasteiger partial charge in [-0.25, -0.2) is 4.79 Å². The van der Waals surface area contributed by atoms with Crippen LogP contribution in [0.5, 0.6) is 5.75 Å². The van der Waals surface area contributed by atoms with Gasteiger partial charge in [0.1, 0.15) is 11.4 Å². The minimum Gasteiger partial charge on any atom is -0.487 e. The normalized spacial score (nSPS) is 16.0. The highest BCUT2D eigenvalue weighted by Gasteiger charge is 2.28. The first-order valence-electron chi connectivity index (χ1n) is 7.66. The number of carboxylic acids is 1. The minimum absolute atomic E-state index is 0.148. The second-order valence-corrected chi connectivity index (χ2v) is 6.69. The lowest BCUT2D eigenvalue weighted by Gasteiger charge is -2.34. The summed E-state index contributed by atoms with van der Waals surface area (Å²) in [6.07, 6.45) is 7.72. The van der Waals surface area contributed by atoms with Gasteiger partial charge >= 0.3 is 5.97 Å². The van der Waals surface area contributed by atoms with E-state index in [4.69, 9.17) is 9.84 Å². The van der Waals surface area contributed by atoms with Gasteiger partial charge in [-0.15, -0.1) is 0 Å². The number of carbonyl (C=O) groups is 1. The highest BCUT2D eigenvalue weighted by molar-refractivity contribution is 5.85. The van der Waals surface area contributed by atoms with Crippen LogP contribution in [-0.4, -0.2) is 16.7 Å². The summed E-state index contributed by atoms with van der Waals surface area (Å²) in [4.78, 5) is 10.7. The van der Waals surface area contributed by atoms with Crippen molar-refractivity contribution in [3.63, 3.8) is 0 Å². The molecule has 1 aliphatic rings. The van der Waals surface area contributed by atoms with Gasteiger partial charge in [-0.2, -0.15) is 0 Å². The summed E-state index contributed by atoms with van der Waals surface area (Å²) in [5.41, 5.74) is 4.32. The molecular formula is C19H24O3. The summed E-state index contributed by atoms with van der Waals surface area (Å²) in [5, 5.41) is 8.81. The molecule has 0 saturated carbocycles. The van der Waals surface area contributed by atoms with Crippen LogP contribution in [0.3, 0.4) is 0 Å². The predicted octanol–water partition coefficient (Wildman–Crippen LogP) is 4.40. The fourth-order valence-corrected chi connectivity index (χ4v) is 2.59. The smallest absolute Gasteiger partial charge is 0.328 e. The first-order valence-corrected chi connectivity index (χ1v) is 7.66. The zero-order valence-corrected chi connectivity index (χ0v) is 13.8. The molecule has 0 aliphatic carbocycles. The molecule has 3 nitrogen and oxygen atoms in total. The molecule has 1 heterocycles. The Hall–Kier alpha value is -2.03. The molecular weight excluding hydrogens is 276 g/mol. The summed E-state index contributed by atoms with van der Waals surface area (Å²) >= 11 is 0. The van der Waals surface area contributed by atoms with Gasteiger partial charge in [0.15, 0.2) is 0 Å². The number of allylic oxidation sites excluding steroid dienone is 2. The number of carboxylic acid groups (broad SMARTS) is 1. The van der Waals surface area contributed by atoms with Crippen LogP contribution in [0, 0.1) is 0 Å². The summed E-state index contributed by atoms with van der Waals surface area (Å²) in [6.45, 7) is 8.37. The predicted molar refractivity (Wildman–Crippen MR) is 89.3 cm³/mol. The molecule has 0 aromatic heterocycles. The number of hydrogen-bond acceptors (Lipinski definition) is 2. The molecule has 118 valence electrons. The Labute approximate surface area is 132 Å². The highest BCUT2D eigenvalue weighted by atomic mass is 16.5. The quantitative estimate of drug-likeness (QED) is 0.662. The Balaban J connectivity index is 2.44. The van der Waals surface area contributed by atoms with E-state index in [1.807, 2.05) is 12.1 Å². The van der Waals surface area contributed by atoms with Crippen molar-refractivity contribution in [2.24, 2.45) is 0 Å². The zero-order chi connectivity index (χ0) is 16.3. The molecule has 3 heteroatoms. The van der Waals surface area contributed by atoms with Gasteiger partial charge < -0.3 is 9.84 Å². The van der Waals surface area contributed by atoms with Gasteiger partial charge in [-0.1, -0.05) is 11.6 Å². The van der Waals surface area contributed by atoms with Crippen molar-refractivity contribution < 1.29 is 14.6 Å². The average Bonchev–Trinajstić information content (AvgIpc) is 2.42. The Bertz CT molecular complexity index is 632. The van der Waals surface area contributed by atoms with E-state index >= 15 is 0 Å². The number of hydrogen-bond donors (Lipinski definition) is 1. The lowest BCUT2D eigenvalue weighted by atomic mass is 9.90. The Morgan fingerprint density at radius 2 is 2.09 bits per heavy atom. The van der Waals surface area contributed by atoms with Crippen molar-refractivity contribution in [3.8, 4) is 5.75 Å². The average molecular weight is 300 g/mol. The van der Waals surface area contributed by atoms with E-state index in [2.05, 4.69) is 33.8 Å². The number of fused-ring (bicyclic) bond motifs is 1. The van der Waals surface area contributed by atoms with Crippen LogP contribution in [0.2, 0.25) is 0 Å². The third-order valence-corrected chi connectivity index (χ3v) is 3.79. The van der Waals surface area contributed by atoms with E-state index in [1.54, 1.807) is 6.08 Å². The molecule has 0 spiro atoms. The fraction of sp³-hybridized carbons (Fsp3) is 0.421. The Kier molecular flexibility index (Phi) is 4.74. The van der Waals surface area contributed by atoms with Gasteiger partial charge in [0.2, 0.25) is 0 Å². The Morgan fingerprint density at radius 3 is 2.73 bits per heavy atom. The highest BCUT2D eigenvalue weighted by Crippen LogP contribution is 2.37. The van der Waals surface area contributed by atoms with E-state index < -0.39 is 5.97 Å². The maximum atomic E-state index is 10.7. The third-order valence-electron chi connectivity index (χ3n) is 3.79. The first-order chi connectivity index (χ1) is 10.3. The minimum atomic E-state index is -0.930. The summed E-state index contributed by atoms with van der Waals surface area (Å²) < 4.78 is 6.19. The molecule has 22 heavy (non-hydrogen) atoms. The van der Waals surface area contributed by atoms with Gasteiger partial charge in [0.25, 0.3) is 0 Å². The van der Waals surface area contributed by atoms with Crippen LogP contribution in [-0.2, 0) is 17.6 Å². The SMILES string of the molecule is CC(C)=CCc1cc(/C=C/C(=O)O)cc2c1OC(C)(C)CC2. The largest absolute Gasteiger partial charge is 0.487 e. The summed E-state index contributed by atoms with van der Waals surface area (Å²) in [6, 6.07) is 4.06. The Morgan fingerprint density at radius 1 is 1.36 bits per heavy atom. The van der Waals surface area contributed by atoms with Gasteiger partial charge in [-0.3, -0.25) is 0 Å². The molecule has 0 unspecified atom stereocenters. The van der Waals surface area contributed by atoms with Crippen molar-refractivity contribution in [1.82, 2.24) is 0 Å². The van der Waals surface area contributed by atoms with Crippen molar-refractivity contribution in [1.29, 1.82) is 0 Å². The molecule has 0 saturated heterocycles. The van der Waals surface area contributed by atoms with E-state index in [-0.39, 0.29) is 5.60 Å². The summed E-state index contributed by atoms with van der Waals surface area (Å²) in [5.74, 6) is 0.0437. The van der Waals surface area contributed by atoms with Crippen molar-refractivity contribution in [2.75, 3.05) is 0 Å². The number of aliphatic carboxylic acids is 1. The number of ether oxygens (including phenoxy) is 1. The lowest BCUT2D eigenvalue weighted by molar-refractivity contribution is -0.131. The van der Waals surface area contributed by atoms with Crippen LogP contribution in [0.15, 0.2) is 29.9 Å². The molecule has 1 aromatic rings.